The van der Waals surface area contributed by atoms with E-state index < -0.39 is 23.7 Å². The minimum Gasteiger partial charge on any atom is -0.465 e. The highest BCUT2D eigenvalue weighted by molar-refractivity contribution is 6.35. The molecule has 24 heavy (non-hydrogen) atoms. The van der Waals surface area contributed by atoms with Crippen molar-refractivity contribution in [1.29, 1.82) is 0 Å². The van der Waals surface area contributed by atoms with Crippen LogP contribution in [0.15, 0.2) is 30.5 Å². The van der Waals surface area contributed by atoms with Gasteiger partial charge in [0.15, 0.2) is 0 Å². The Hall–Kier alpha value is -2.18. The topological polar surface area (TPSA) is 68.3 Å². The number of halogens is 3. The number of aromatic nitrogens is 1. The molecule has 1 unspecified atom stereocenters. The fraction of sp³-hybridized carbons (Fsp3) is 0.188. The Labute approximate surface area is 147 Å². The Bertz CT molecular complexity index is 782. The molecule has 8 heteroatoms. The summed E-state index contributed by atoms with van der Waals surface area (Å²) in [6.45, 7) is 1.65. The number of benzene rings is 1. The third-order valence-corrected chi connectivity index (χ3v) is 3.89. The Morgan fingerprint density at radius 2 is 1.96 bits per heavy atom. The number of methoxy groups -OCH3 is 1. The second-order valence-corrected chi connectivity index (χ2v) is 5.72. The smallest absolute Gasteiger partial charge is 0.339 e. The Morgan fingerprint density at radius 1 is 1.25 bits per heavy atom. The predicted molar refractivity (Wildman–Crippen MR) is 87.9 cm³/mol. The first-order valence-electron chi connectivity index (χ1n) is 6.83. The number of carbonyl (C=O) groups is 2. The number of nitrogens with zero attached hydrogens (tertiary/aromatic N) is 1. The number of hydrogen-bond donors (Lipinski definition) is 1. The molecule has 1 aromatic carbocycles. The summed E-state index contributed by atoms with van der Waals surface area (Å²) in [5.41, 5.74) is 0.711. The average molecular weight is 371 g/mol. The molecule has 1 N–H and O–H groups in total. The normalized spacial score (nSPS) is 11.7. The maximum absolute atomic E-state index is 13.6. The van der Waals surface area contributed by atoms with Crippen molar-refractivity contribution >= 4 is 35.1 Å². The van der Waals surface area contributed by atoms with Crippen molar-refractivity contribution in [1.82, 2.24) is 10.3 Å². The van der Waals surface area contributed by atoms with Crippen LogP contribution in [0.5, 0.6) is 0 Å². The van der Waals surface area contributed by atoms with E-state index in [0.29, 0.717) is 5.56 Å². The minimum absolute atomic E-state index is 0.0951. The first-order valence-corrected chi connectivity index (χ1v) is 7.58. The molecule has 5 nitrogen and oxygen atoms in total. The molecule has 0 saturated carbocycles. The lowest BCUT2D eigenvalue weighted by molar-refractivity contribution is 0.0599. The molecule has 1 aromatic heterocycles. The highest BCUT2D eigenvalue weighted by Gasteiger charge is 2.17. The molecule has 126 valence electrons. The average Bonchev–Trinajstić information content (AvgIpc) is 2.57. The fourth-order valence-electron chi connectivity index (χ4n) is 1.98. The summed E-state index contributed by atoms with van der Waals surface area (Å²) in [4.78, 5) is 27.4. The standard InChI is InChI=1S/C16H13Cl2FN2O3/c1-8(10-5-13(19)12(18)6-11(10)17)21-15(22)14-4-3-9(7-20-14)16(23)24-2/h3-8H,1-2H3,(H,21,22). The van der Waals surface area contributed by atoms with Crippen LogP contribution in [-0.2, 0) is 4.74 Å². The molecular formula is C16H13Cl2FN2O3. The molecule has 0 aliphatic rings. The zero-order valence-electron chi connectivity index (χ0n) is 12.8. The van der Waals surface area contributed by atoms with Gasteiger partial charge < -0.3 is 10.1 Å². The summed E-state index contributed by atoms with van der Waals surface area (Å²) >= 11 is 11.7. The Balaban J connectivity index is 2.14. The maximum atomic E-state index is 13.6. The lowest BCUT2D eigenvalue weighted by Gasteiger charge is -2.16. The molecule has 0 fully saturated rings. The number of carbonyl (C=O) groups excluding carboxylic acids is 2. The molecule has 0 aliphatic heterocycles. The van der Waals surface area contributed by atoms with Crippen LogP contribution < -0.4 is 5.32 Å². The van der Waals surface area contributed by atoms with Crippen molar-refractivity contribution < 1.29 is 18.7 Å². The van der Waals surface area contributed by atoms with Crippen molar-refractivity contribution in [2.75, 3.05) is 7.11 Å². The number of rotatable bonds is 4. The number of pyridine rings is 1. The Morgan fingerprint density at radius 3 is 2.54 bits per heavy atom. The summed E-state index contributed by atoms with van der Waals surface area (Å²) in [7, 11) is 1.25. The van der Waals surface area contributed by atoms with Crippen molar-refractivity contribution in [3.63, 3.8) is 0 Å². The first kappa shape index (κ1) is 18.2. The summed E-state index contributed by atoms with van der Waals surface area (Å²) < 4.78 is 18.1. The van der Waals surface area contributed by atoms with Crippen LogP contribution in [0.3, 0.4) is 0 Å². The van der Waals surface area contributed by atoms with Gasteiger partial charge in [-0.2, -0.15) is 0 Å². The highest BCUT2D eigenvalue weighted by atomic mass is 35.5. The van der Waals surface area contributed by atoms with E-state index in [1.807, 2.05) is 0 Å². The molecule has 0 spiro atoms. The third-order valence-electron chi connectivity index (χ3n) is 3.27. The van der Waals surface area contributed by atoms with Gasteiger partial charge >= 0.3 is 5.97 Å². The largest absolute Gasteiger partial charge is 0.465 e. The third kappa shape index (κ3) is 4.01. The molecule has 0 bridgehead atoms. The first-order chi connectivity index (χ1) is 11.3. The van der Waals surface area contributed by atoms with Crippen molar-refractivity contribution in [3.05, 3.63) is 63.1 Å². The maximum Gasteiger partial charge on any atom is 0.339 e. The van der Waals surface area contributed by atoms with Crippen LogP contribution in [0, 0.1) is 5.82 Å². The number of esters is 1. The van der Waals surface area contributed by atoms with Crippen molar-refractivity contribution in [2.24, 2.45) is 0 Å². The van der Waals surface area contributed by atoms with E-state index in [2.05, 4.69) is 15.0 Å². The van der Waals surface area contributed by atoms with Crippen LogP contribution in [0.25, 0.3) is 0 Å². The van der Waals surface area contributed by atoms with Gasteiger partial charge in [0.25, 0.3) is 5.91 Å². The molecule has 1 amide bonds. The zero-order chi connectivity index (χ0) is 17.9. The van der Waals surface area contributed by atoms with Crippen molar-refractivity contribution in [3.8, 4) is 0 Å². The van der Waals surface area contributed by atoms with E-state index in [-0.39, 0.29) is 21.3 Å². The summed E-state index contributed by atoms with van der Waals surface area (Å²) in [6.07, 6.45) is 1.24. The van der Waals surface area contributed by atoms with E-state index in [1.54, 1.807) is 6.92 Å². The lowest BCUT2D eigenvalue weighted by Crippen LogP contribution is -2.27. The second kappa shape index (κ2) is 7.59. The molecule has 2 rings (SSSR count). The van der Waals surface area contributed by atoms with E-state index >= 15 is 0 Å². The van der Waals surface area contributed by atoms with E-state index in [4.69, 9.17) is 23.2 Å². The van der Waals surface area contributed by atoms with Gasteiger partial charge in [-0.05, 0) is 36.8 Å². The number of ether oxygens (including phenoxy) is 1. The van der Waals surface area contributed by atoms with Gasteiger partial charge in [0.2, 0.25) is 0 Å². The molecule has 0 saturated heterocycles. The predicted octanol–water partition coefficient (Wildman–Crippen LogP) is 3.81. The summed E-state index contributed by atoms with van der Waals surface area (Å²) in [6, 6.07) is 4.69. The second-order valence-electron chi connectivity index (χ2n) is 4.91. The van der Waals surface area contributed by atoms with E-state index in [1.165, 1.54) is 37.6 Å². The molecular weight excluding hydrogens is 358 g/mol. The van der Waals surface area contributed by atoms with Crippen LogP contribution >= 0.6 is 23.2 Å². The van der Waals surface area contributed by atoms with Gasteiger partial charge in [-0.15, -0.1) is 0 Å². The van der Waals surface area contributed by atoms with Crippen LogP contribution in [0.2, 0.25) is 10.0 Å². The number of hydrogen-bond acceptors (Lipinski definition) is 4. The van der Waals surface area contributed by atoms with Gasteiger partial charge in [0, 0.05) is 11.2 Å². The van der Waals surface area contributed by atoms with Crippen LogP contribution in [-0.4, -0.2) is 24.0 Å². The molecule has 1 atom stereocenters. The summed E-state index contributed by atoms with van der Waals surface area (Å²) in [5.74, 6) is -1.67. The van der Waals surface area contributed by atoms with Gasteiger partial charge in [-0.3, -0.25) is 9.78 Å². The van der Waals surface area contributed by atoms with Gasteiger partial charge in [-0.1, -0.05) is 23.2 Å². The molecule has 2 aromatic rings. The zero-order valence-corrected chi connectivity index (χ0v) is 14.3. The highest BCUT2D eigenvalue weighted by Crippen LogP contribution is 2.28. The quantitative estimate of drug-likeness (QED) is 0.656. The molecule has 1 heterocycles. The summed E-state index contributed by atoms with van der Waals surface area (Å²) in [5, 5.41) is 2.79. The molecule has 0 aliphatic carbocycles. The SMILES string of the molecule is COC(=O)c1ccc(C(=O)NC(C)c2cc(F)c(Cl)cc2Cl)nc1. The Kier molecular flexibility index (Phi) is 5.75. The fourth-order valence-corrected chi connectivity index (χ4v) is 2.53. The van der Waals surface area contributed by atoms with Crippen LogP contribution in [0.4, 0.5) is 4.39 Å². The van der Waals surface area contributed by atoms with Gasteiger partial charge in [0.05, 0.1) is 23.7 Å². The number of amides is 1. The number of nitrogens with one attached hydrogen (secondary N) is 1. The van der Waals surface area contributed by atoms with E-state index in [9.17, 15) is 14.0 Å². The minimum atomic E-state index is -0.627. The monoisotopic (exact) mass is 370 g/mol. The van der Waals surface area contributed by atoms with Crippen molar-refractivity contribution in [2.45, 2.75) is 13.0 Å². The lowest BCUT2D eigenvalue weighted by atomic mass is 10.1. The van der Waals surface area contributed by atoms with Crippen LogP contribution in [0.1, 0.15) is 39.4 Å². The van der Waals surface area contributed by atoms with Gasteiger partial charge in [-0.25, -0.2) is 9.18 Å². The van der Waals surface area contributed by atoms with Gasteiger partial charge in [0.1, 0.15) is 11.5 Å². The van der Waals surface area contributed by atoms with E-state index in [0.717, 1.165) is 0 Å². The molecule has 0 radical (unpaired) electrons.